The lowest BCUT2D eigenvalue weighted by atomic mass is 10.1. The molecule has 0 bridgehead atoms. The Morgan fingerprint density at radius 2 is 2.00 bits per heavy atom. The van der Waals surface area contributed by atoms with Crippen LogP contribution >= 0.6 is 0 Å². The number of benzene rings is 1. The molecule has 0 radical (unpaired) electrons. The van der Waals surface area contributed by atoms with Crippen molar-refractivity contribution in [1.82, 2.24) is 10.3 Å². The number of hydrogen-bond acceptors (Lipinski definition) is 2. The summed E-state index contributed by atoms with van der Waals surface area (Å²) in [5, 5.41) is 4.52. The zero-order valence-electron chi connectivity index (χ0n) is 11.1. The summed E-state index contributed by atoms with van der Waals surface area (Å²) < 4.78 is 5.32. The van der Waals surface area contributed by atoms with E-state index in [1.165, 1.54) is 27.7 Å². The molecule has 17 heavy (non-hydrogen) atoms. The molecule has 0 aliphatic carbocycles. The predicted octanol–water partition coefficient (Wildman–Crippen LogP) is 3.07. The van der Waals surface area contributed by atoms with E-state index in [0.717, 1.165) is 5.75 Å². The van der Waals surface area contributed by atoms with Gasteiger partial charge in [0.2, 0.25) is 0 Å². The summed E-state index contributed by atoms with van der Waals surface area (Å²) in [4.78, 5) is 3.52. The molecule has 3 nitrogen and oxygen atoms in total. The highest BCUT2D eigenvalue weighted by molar-refractivity contribution is 5.88. The maximum absolute atomic E-state index is 5.32. The normalized spacial score (nSPS) is 13.0. The first kappa shape index (κ1) is 12.0. The Hall–Kier alpha value is -1.48. The number of ether oxygens (including phenoxy) is 1. The molecule has 1 heterocycles. The van der Waals surface area contributed by atoms with Crippen LogP contribution in [0.3, 0.4) is 0 Å². The maximum atomic E-state index is 5.32. The number of aryl methyl sites for hydroxylation is 2. The van der Waals surface area contributed by atoms with E-state index in [1.54, 1.807) is 7.11 Å². The SMILES string of the molecule is CNC(C)c1[nH]c2c(C)cc(OC)cc2c1C. The predicted molar refractivity (Wildman–Crippen MR) is 71.8 cm³/mol. The van der Waals surface area contributed by atoms with Gasteiger partial charge in [0.1, 0.15) is 5.75 Å². The summed E-state index contributed by atoms with van der Waals surface area (Å²) in [6, 6.07) is 4.49. The van der Waals surface area contributed by atoms with E-state index in [1.807, 2.05) is 7.05 Å². The molecular weight excluding hydrogens is 212 g/mol. The van der Waals surface area contributed by atoms with Crippen molar-refractivity contribution in [3.05, 3.63) is 29.0 Å². The van der Waals surface area contributed by atoms with E-state index in [-0.39, 0.29) is 0 Å². The quantitative estimate of drug-likeness (QED) is 0.853. The smallest absolute Gasteiger partial charge is 0.119 e. The molecule has 0 spiro atoms. The molecule has 0 aliphatic heterocycles. The van der Waals surface area contributed by atoms with Crippen molar-refractivity contribution in [2.24, 2.45) is 0 Å². The number of methoxy groups -OCH3 is 1. The molecule has 1 unspecified atom stereocenters. The minimum atomic E-state index is 0.327. The Bertz CT molecular complexity index is 543. The Kier molecular flexibility index (Phi) is 3.11. The number of aromatic amines is 1. The number of rotatable bonds is 3. The maximum Gasteiger partial charge on any atom is 0.119 e. The Balaban J connectivity index is 2.69. The highest BCUT2D eigenvalue weighted by Gasteiger charge is 2.14. The van der Waals surface area contributed by atoms with Gasteiger partial charge in [-0.3, -0.25) is 0 Å². The van der Waals surface area contributed by atoms with Gasteiger partial charge >= 0.3 is 0 Å². The fourth-order valence-electron chi connectivity index (χ4n) is 2.28. The first-order valence-corrected chi connectivity index (χ1v) is 5.92. The summed E-state index contributed by atoms with van der Waals surface area (Å²) in [6.45, 7) is 6.42. The first-order valence-electron chi connectivity index (χ1n) is 5.92. The van der Waals surface area contributed by atoms with Crippen LogP contribution in [0, 0.1) is 13.8 Å². The van der Waals surface area contributed by atoms with Crippen LogP contribution in [0.25, 0.3) is 10.9 Å². The Labute approximate surface area is 102 Å². The largest absolute Gasteiger partial charge is 0.497 e. The van der Waals surface area contributed by atoms with Gasteiger partial charge in [-0.25, -0.2) is 0 Å². The van der Waals surface area contributed by atoms with Gasteiger partial charge in [-0.2, -0.15) is 0 Å². The fraction of sp³-hybridized carbons (Fsp3) is 0.429. The van der Waals surface area contributed by atoms with Gasteiger partial charge in [-0.15, -0.1) is 0 Å². The van der Waals surface area contributed by atoms with Gasteiger partial charge in [0.25, 0.3) is 0 Å². The summed E-state index contributed by atoms with van der Waals surface area (Å²) in [7, 11) is 3.68. The standard InChI is InChI=1S/C14H20N2O/c1-8-6-11(17-5)7-12-9(2)14(10(3)15-4)16-13(8)12/h6-7,10,15-16H,1-5H3. The van der Waals surface area contributed by atoms with E-state index < -0.39 is 0 Å². The Morgan fingerprint density at radius 1 is 1.29 bits per heavy atom. The van der Waals surface area contributed by atoms with E-state index >= 15 is 0 Å². The fourth-order valence-corrected chi connectivity index (χ4v) is 2.28. The lowest BCUT2D eigenvalue weighted by Crippen LogP contribution is -2.13. The van der Waals surface area contributed by atoms with Gasteiger partial charge in [0, 0.05) is 22.6 Å². The molecule has 2 N–H and O–H groups in total. The summed E-state index contributed by atoms with van der Waals surface area (Å²) in [5.74, 6) is 0.917. The van der Waals surface area contributed by atoms with Gasteiger partial charge in [-0.1, -0.05) is 0 Å². The topological polar surface area (TPSA) is 37.0 Å². The van der Waals surface area contributed by atoms with Crippen LogP contribution < -0.4 is 10.1 Å². The van der Waals surface area contributed by atoms with Crippen molar-refractivity contribution in [3.8, 4) is 5.75 Å². The molecule has 1 aromatic carbocycles. The van der Waals surface area contributed by atoms with Crippen LogP contribution in [0.5, 0.6) is 5.75 Å². The number of nitrogens with one attached hydrogen (secondary N) is 2. The molecule has 3 heteroatoms. The average molecular weight is 232 g/mol. The van der Waals surface area contributed by atoms with E-state index in [0.29, 0.717) is 6.04 Å². The molecule has 0 fully saturated rings. The monoisotopic (exact) mass is 232 g/mol. The summed E-state index contributed by atoms with van der Waals surface area (Å²) in [6.07, 6.45) is 0. The average Bonchev–Trinajstić information content (AvgIpc) is 2.67. The highest BCUT2D eigenvalue weighted by atomic mass is 16.5. The molecule has 0 saturated heterocycles. The van der Waals surface area contributed by atoms with Gasteiger partial charge in [-0.05, 0) is 51.1 Å². The number of fused-ring (bicyclic) bond motifs is 1. The molecule has 0 aliphatic rings. The number of aromatic nitrogens is 1. The lowest BCUT2D eigenvalue weighted by Gasteiger charge is -2.08. The first-order chi connectivity index (χ1) is 8.08. The third-order valence-corrected chi connectivity index (χ3v) is 3.48. The minimum absolute atomic E-state index is 0.327. The van der Waals surface area contributed by atoms with Crippen molar-refractivity contribution in [2.45, 2.75) is 26.8 Å². The molecule has 1 aromatic heterocycles. The number of H-pyrrole nitrogens is 1. The van der Waals surface area contributed by atoms with Gasteiger partial charge in [0.05, 0.1) is 7.11 Å². The summed E-state index contributed by atoms with van der Waals surface area (Å²) >= 11 is 0. The van der Waals surface area contributed by atoms with E-state index in [2.05, 4.69) is 43.2 Å². The second-order valence-corrected chi connectivity index (χ2v) is 4.54. The van der Waals surface area contributed by atoms with Gasteiger partial charge in [0.15, 0.2) is 0 Å². The van der Waals surface area contributed by atoms with Crippen molar-refractivity contribution in [1.29, 1.82) is 0 Å². The molecular formula is C14H20N2O. The van der Waals surface area contributed by atoms with Crippen LogP contribution in [-0.2, 0) is 0 Å². The third kappa shape index (κ3) is 1.91. The van der Waals surface area contributed by atoms with Gasteiger partial charge < -0.3 is 15.0 Å². The molecule has 1 atom stereocenters. The van der Waals surface area contributed by atoms with Crippen LogP contribution in [-0.4, -0.2) is 19.1 Å². The Morgan fingerprint density at radius 3 is 2.59 bits per heavy atom. The van der Waals surface area contributed by atoms with Crippen LogP contribution in [0.2, 0.25) is 0 Å². The molecule has 92 valence electrons. The van der Waals surface area contributed by atoms with E-state index in [4.69, 9.17) is 4.74 Å². The van der Waals surface area contributed by atoms with Crippen molar-refractivity contribution < 1.29 is 4.74 Å². The second kappa shape index (κ2) is 4.41. The van der Waals surface area contributed by atoms with Crippen molar-refractivity contribution in [2.75, 3.05) is 14.2 Å². The third-order valence-electron chi connectivity index (χ3n) is 3.48. The second-order valence-electron chi connectivity index (χ2n) is 4.54. The van der Waals surface area contributed by atoms with Crippen LogP contribution in [0.15, 0.2) is 12.1 Å². The molecule has 0 saturated carbocycles. The van der Waals surface area contributed by atoms with Crippen molar-refractivity contribution >= 4 is 10.9 Å². The zero-order valence-corrected chi connectivity index (χ0v) is 11.1. The lowest BCUT2D eigenvalue weighted by molar-refractivity contribution is 0.415. The summed E-state index contributed by atoms with van der Waals surface area (Å²) in [5.41, 5.74) is 4.97. The van der Waals surface area contributed by atoms with Crippen LogP contribution in [0.4, 0.5) is 0 Å². The zero-order chi connectivity index (χ0) is 12.6. The minimum Gasteiger partial charge on any atom is -0.497 e. The molecule has 2 aromatic rings. The van der Waals surface area contributed by atoms with Crippen LogP contribution in [0.1, 0.15) is 29.8 Å². The highest BCUT2D eigenvalue weighted by Crippen LogP contribution is 2.31. The molecule has 0 amide bonds. The molecule has 2 rings (SSSR count). The van der Waals surface area contributed by atoms with Crippen molar-refractivity contribution in [3.63, 3.8) is 0 Å². The van der Waals surface area contributed by atoms with E-state index in [9.17, 15) is 0 Å². The number of hydrogen-bond donors (Lipinski definition) is 2.